The predicted molar refractivity (Wildman–Crippen MR) is 63.7 cm³/mol. The fraction of sp³-hybridized carbons (Fsp3) is 0.500. The molecule has 1 saturated heterocycles. The molecule has 0 radical (unpaired) electrons. The van der Waals surface area contributed by atoms with Crippen LogP contribution in [0.25, 0.3) is 0 Å². The van der Waals surface area contributed by atoms with Crippen LogP contribution in [0.1, 0.15) is 23.2 Å². The maximum absolute atomic E-state index is 3.82. The molecule has 14 heavy (non-hydrogen) atoms. The molecule has 0 aromatic heterocycles. The summed E-state index contributed by atoms with van der Waals surface area (Å²) in [7, 11) is 0. The van der Waals surface area contributed by atoms with Crippen molar-refractivity contribution in [1.82, 2.24) is 5.32 Å². The molecule has 1 atom stereocenters. The van der Waals surface area contributed by atoms with Crippen LogP contribution < -0.4 is 5.32 Å². The topological polar surface area (TPSA) is 12.0 Å². The van der Waals surface area contributed by atoms with Gasteiger partial charge in [0, 0.05) is 4.83 Å². The molecule has 0 aliphatic carbocycles. The van der Waals surface area contributed by atoms with Crippen LogP contribution >= 0.6 is 15.9 Å². The van der Waals surface area contributed by atoms with Crippen LogP contribution in [0.4, 0.5) is 0 Å². The van der Waals surface area contributed by atoms with Gasteiger partial charge in [0.2, 0.25) is 0 Å². The van der Waals surface area contributed by atoms with E-state index < -0.39 is 0 Å². The number of halogens is 1. The Morgan fingerprint density at radius 2 is 1.79 bits per heavy atom. The molecular formula is C12H16BrN. The lowest BCUT2D eigenvalue weighted by Gasteiger charge is -2.27. The first-order valence-electron chi connectivity index (χ1n) is 5.27. The minimum atomic E-state index is 0.533. The van der Waals surface area contributed by atoms with Crippen LogP contribution in [-0.4, -0.2) is 13.1 Å². The van der Waals surface area contributed by atoms with Gasteiger partial charge in [-0.05, 0) is 37.4 Å². The van der Waals surface area contributed by atoms with Gasteiger partial charge < -0.3 is 5.32 Å². The Hall–Kier alpha value is -0.340. The summed E-state index contributed by atoms with van der Waals surface area (Å²) in [6.45, 7) is 2.33. The van der Waals surface area contributed by atoms with Crippen molar-refractivity contribution < 1.29 is 0 Å². The summed E-state index contributed by atoms with van der Waals surface area (Å²) in [6.07, 6.45) is 2.57. The van der Waals surface area contributed by atoms with Crippen LogP contribution in [0, 0.1) is 5.92 Å². The smallest absolute Gasteiger partial charge is 0.0424 e. The Kier molecular flexibility index (Phi) is 3.60. The fourth-order valence-corrected chi connectivity index (χ4v) is 2.88. The largest absolute Gasteiger partial charge is 0.317 e. The molecule has 2 rings (SSSR count). The van der Waals surface area contributed by atoms with Crippen molar-refractivity contribution in [3.05, 3.63) is 35.9 Å². The number of hydrogen-bond acceptors (Lipinski definition) is 1. The monoisotopic (exact) mass is 253 g/mol. The summed E-state index contributed by atoms with van der Waals surface area (Å²) in [4.78, 5) is 0.533. The average Bonchev–Trinajstić information content (AvgIpc) is 2.30. The molecule has 0 spiro atoms. The number of rotatable bonds is 2. The number of hydrogen-bond donors (Lipinski definition) is 1. The SMILES string of the molecule is BrC(c1ccccc1)C1CCNCC1. The summed E-state index contributed by atoms with van der Waals surface area (Å²) >= 11 is 3.82. The molecule has 1 aliphatic heterocycles. The molecule has 1 aromatic carbocycles. The van der Waals surface area contributed by atoms with Crippen LogP contribution in [-0.2, 0) is 0 Å². The average molecular weight is 254 g/mol. The maximum Gasteiger partial charge on any atom is 0.0424 e. The molecule has 0 saturated carbocycles. The third-order valence-electron chi connectivity index (χ3n) is 2.92. The van der Waals surface area contributed by atoms with E-state index in [-0.39, 0.29) is 0 Å². The van der Waals surface area contributed by atoms with Gasteiger partial charge in [-0.3, -0.25) is 0 Å². The van der Waals surface area contributed by atoms with Crippen LogP contribution in [0.5, 0.6) is 0 Å². The molecule has 76 valence electrons. The third-order valence-corrected chi connectivity index (χ3v) is 4.19. The van der Waals surface area contributed by atoms with E-state index in [0.717, 1.165) is 5.92 Å². The maximum atomic E-state index is 3.82. The molecule has 0 bridgehead atoms. The molecule has 1 nitrogen and oxygen atoms in total. The molecule has 1 aliphatic rings. The number of nitrogens with one attached hydrogen (secondary N) is 1. The van der Waals surface area contributed by atoms with E-state index in [1.54, 1.807) is 0 Å². The summed E-state index contributed by atoms with van der Waals surface area (Å²) in [5, 5.41) is 3.40. The van der Waals surface area contributed by atoms with E-state index in [1.165, 1.54) is 31.5 Å². The molecule has 1 aromatic rings. The van der Waals surface area contributed by atoms with Gasteiger partial charge in [0.1, 0.15) is 0 Å². The molecule has 2 heteroatoms. The van der Waals surface area contributed by atoms with E-state index in [9.17, 15) is 0 Å². The van der Waals surface area contributed by atoms with Gasteiger partial charge in [-0.2, -0.15) is 0 Å². The quantitative estimate of drug-likeness (QED) is 0.799. The zero-order valence-corrected chi connectivity index (χ0v) is 9.83. The van der Waals surface area contributed by atoms with Crippen molar-refractivity contribution in [3.8, 4) is 0 Å². The summed E-state index contributed by atoms with van der Waals surface area (Å²) in [5.41, 5.74) is 1.42. The van der Waals surface area contributed by atoms with Crippen molar-refractivity contribution in [2.75, 3.05) is 13.1 Å². The van der Waals surface area contributed by atoms with E-state index in [1.807, 2.05) is 0 Å². The molecule has 1 heterocycles. The minimum Gasteiger partial charge on any atom is -0.317 e. The molecular weight excluding hydrogens is 238 g/mol. The second-order valence-electron chi connectivity index (χ2n) is 3.90. The Balaban J connectivity index is 2.03. The van der Waals surface area contributed by atoms with Crippen molar-refractivity contribution >= 4 is 15.9 Å². The highest BCUT2D eigenvalue weighted by Crippen LogP contribution is 2.35. The summed E-state index contributed by atoms with van der Waals surface area (Å²) in [5.74, 6) is 0.790. The number of piperidine rings is 1. The lowest BCUT2D eigenvalue weighted by Crippen LogP contribution is -2.29. The Morgan fingerprint density at radius 3 is 2.43 bits per heavy atom. The minimum absolute atomic E-state index is 0.533. The van der Waals surface area contributed by atoms with Gasteiger partial charge in [0.15, 0.2) is 0 Å². The summed E-state index contributed by atoms with van der Waals surface area (Å²) in [6, 6.07) is 10.7. The van der Waals surface area contributed by atoms with E-state index >= 15 is 0 Å². The Labute approximate surface area is 94.0 Å². The van der Waals surface area contributed by atoms with Gasteiger partial charge in [-0.1, -0.05) is 46.3 Å². The lowest BCUT2D eigenvalue weighted by molar-refractivity contribution is 0.370. The first kappa shape index (κ1) is 10.2. The third kappa shape index (κ3) is 2.37. The Bertz CT molecular complexity index is 267. The zero-order chi connectivity index (χ0) is 9.80. The van der Waals surface area contributed by atoms with E-state index in [0.29, 0.717) is 4.83 Å². The van der Waals surface area contributed by atoms with Crippen molar-refractivity contribution in [2.24, 2.45) is 5.92 Å². The standard InChI is InChI=1S/C12H16BrN/c13-12(10-4-2-1-3-5-10)11-6-8-14-9-7-11/h1-5,11-12,14H,6-9H2. The molecule has 1 N–H and O–H groups in total. The highest BCUT2D eigenvalue weighted by molar-refractivity contribution is 9.09. The normalized spacial score (nSPS) is 20.6. The highest BCUT2D eigenvalue weighted by atomic mass is 79.9. The van der Waals surface area contributed by atoms with Crippen LogP contribution in [0.15, 0.2) is 30.3 Å². The highest BCUT2D eigenvalue weighted by Gasteiger charge is 2.21. The van der Waals surface area contributed by atoms with Gasteiger partial charge in [0.25, 0.3) is 0 Å². The Morgan fingerprint density at radius 1 is 1.14 bits per heavy atom. The van der Waals surface area contributed by atoms with Crippen molar-refractivity contribution in [1.29, 1.82) is 0 Å². The molecule has 1 unspecified atom stereocenters. The molecule has 0 amide bonds. The van der Waals surface area contributed by atoms with Gasteiger partial charge in [-0.25, -0.2) is 0 Å². The van der Waals surface area contributed by atoms with Crippen LogP contribution in [0.3, 0.4) is 0 Å². The second-order valence-corrected chi connectivity index (χ2v) is 4.89. The van der Waals surface area contributed by atoms with Gasteiger partial charge in [-0.15, -0.1) is 0 Å². The summed E-state index contributed by atoms with van der Waals surface area (Å²) < 4.78 is 0. The second kappa shape index (κ2) is 4.94. The lowest BCUT2D eigenvalue weighted by atomic mass is 9.91. The predicted octanol–water partition coefficient (Wildman–Crippen LogP) is 3.12. The van der Waals surface area contributed by atoms with E-state index in [4.69, 9.17) is 0 Å². The van der Waals surface area contributed by atoms with Crippen LogP contribution in [0.2, 0.25) is 0 Å². The van der Waals surface area contributed by atoms with Gasteiger partial charge >= 0.3 is 0 Å². The first-order chi connectivity index (χ1) is 6.88. The number of alkyl halides is 1. The zero-order valence-electron chi connectivity index (χ0n) is 8.25. The van der Waals surface area contributed by atoms with Crippen molar-refractivity contribution in [3.63, 3.8) is 0 Å². The van der Waals surface area contributed by atoms with Gasteiger partial charge in [0.05, 0.1) is 0 Å². The fourth-order valence-electron chi connectivity index (χ4n) is 2.05. The number of benzene rings is 1. The van der Waals surface area contributed by atoms with E-state index in [2.05, 4.69) is 51.6 Å². The first-order valence-corrected chi connectivity index (χ1v) is 6.19. The van der Waals surface area contributed by atoms with Crippen molar-refractivity contribution in [2.45, 2.75) is 17.7 Å². The molecule has 1 fully saturated rings.